The van der Waals surface area contributed by atoms with Gasteiger partial charge in [0.1, 0.15) is 11.6 Å². The summed E-state index contributed by atoms with van der Waals surface area (Å²) in [6.07, 6.45) is -6.63. The number of alkyl carbamates (subject to hydrolysis) is 1. The summed E-state index contributed by atoms with van der Waals surface area (Å²) >= 11 is 5.74. The van der Waals surface area contributed by atoms with E-state index in [-0.39, 0.29) is 10.6 Å². The summed E-state index contributed by atoms with van der Waals surface area (Å²) in [4.78, 5) is 35.1. The molecular formula is C17H20ClF3N2O5. The van der Waals surface area contributed by atoms with Crippen molar-refractivity contribution in [3.8, 4) is 0 Å². The molecule has 0 aliphatic heterocycles. The van der Waals surface area contributed by atoms with Crippen LogP contribution in [0.3, 0.4) is 0 Å². The van der Waals surface area contributed by atoms with E-state index < -0.39 is 53.7 Å². The number of ether oxygens (including phenoxy) is 1. The van der Waals surface area contributed by atoms with Crippen molar-refractivity contribution >= 4 is 29.6 Å². The highest BCUT2D eigenvalue weighted by Crippen LogP contribution is 2.35. The molecule has 0 fully saturated rings. The highest BCUT2D eigenvalue weighted by molar-refractivity contribution is 6.30. The standard InChI is InChI=1S/C17H20ClF3N2O5/c1-16(2,3)28-15(27)23-13(14(22)26)11(7-12(24)25)8-4-9(17(19,20)21)6-10(18)5-8/h4-6,11,13H,7H2,1-3H3,(H2,22,26)(H,23,27)(H,24,25)/t11-,13?/m0/s1. The van der Waals surface area contributed by atoms with Crippen LogP contribution >= 0.6 is 11.6 Å². The molecule has 28 heavy (non-hydrogen) atoms. The number of amides is 2. The molecule has 0 radical (unpaired) electrons. The first-order valence-electron chi connectivity index (χ1n) is 7.98. The lowest BCUT2D eigenvalue weighted by atomic mass is 9.87. The second kappa shape index (κ2) is 8.68. The monoisotopic (exact) mass is 424 g/mol. The SMILES string of the molecule is CC(C)(C)OC(=O)NC(C(N)=O)[C@@H](CC(=O)O)c1cc(Cl)cc(C(F)(F)F)c1. The zero-order chi connectivity index (χ0) is 21.9. The van der Waals surface area contributed by atoms with Crippen LogP contribution in [0.2, 0.25) is 5.02 Å². The van der Waals surface area contributed by atoms with Crippen molar-refractivity contribution in [1.82, 2.24) is 5.32 Å². The molecule has 0 spiro atoms. The van der Waals surface area contributed by atoms with Gasteiger partial charge in [-0.05, 0) is 44.5 Å². The van der Waals surface area contributed by atoms with Crippen molar-refractivity contribution in [2.75, 3.05) is 0 Å². The molecule has 11 heteroatoms. The molecule has 1 rings (SSSR count). The predicted molar refractivity (Wildman–Crippen MR) is 93.8 cm³/mol. The number of carboxylic acids is 1. The van der Waals surface area contributed by atoms with Gasteiger partial charge in [0, 0.05) is 10.9 Å². The molecule has 156 valence electrons. The first kappa shape index (κ1) is 23.5. The topological polar surface area (TPSA) is 119 Å². The maximum atomic E-state index is 13.1. The summed E-state index contributed by atoms with van der Waals surface area (Å²) in [5, 5.41) is 11.0. The summed E-state index contributed by atoms with van der Waals surface area (Å²) in [7, 11) is 0. The second-order valence-corrected chi connectivity index (χ2v) is 7.44. The molecule has 0 aliphatic carbocycles. The fourth-order valence-corrected chi connectivity index (χ4v) is 2.65. The molecule has 0 bridgehead atoms. The van der Waals surface area contributed by atoms with Crippen LogP contribution in [0, 0.1) is 0 Å². The van der Waals surface area contributed by atoms with Gasteiger partial charge in [0.15, 0.2) is 0 Å². The lowest BCUT2D eigenvalue weighted by molar-refractivity contribution is -0.138. The van der Waals surface area contributed by atoms with E-state index in [0.717, 1.165) is 6.07 Å². The number of nitrogens with one attached hydrogen (secondary N) is 1. The van der Waals surface area contributed by atoms with Crippen molar-refractivity contribution in [2.45, 2.75) is 50.9 Å². The van der Waals surface area contributed by atoms with E-state index in [1.54, 1.807) is 20.8 Å². The van der Waals surface area contributed by atoms with Gasteiger partial charge < -0.3 is 20.9 Å². The molecule has 0 heterocycles. The van der Waals surface area contributed by atoms with E-state index in [0.29, 0.717) is 12.1 Å². The van der Waals surface area contributed by atoms with Crippen LogP contribution in [0.25, 0.3) is 0 Å². The number of halogens is 4. The fraction of sp³-hybridized carbons (Fsp3) is 0.471. The van der Waals surface area contributed by atoms with Gasteiger partial charge in [-0.25, -0.2) is 4.79 Å². The van der Waals surface area contributed by atoms with Crippen LogP contribution in [0.4, 0.5) is 18.0 Å². The third-order valence-electron chi connectivity index (χ3n) is 3.45. The molecule has 2 atom stereocenters. The predicted octanol–water partition coefficient (Wildman–Crippen LogP) is 3.30. The van der Waals surface area contributed by atoms with E-state index in [4.69, 9.17) is 27.2 Å². The van der Waals surface area contributed by atoms with Gasteiger partial charge in [0.2, 0.25) is 5.91 Å². The lowest BCUT2D eigenvalue weighted by Gasteiger charge is -2.27. The van der Waals surface area contributed by atoms with Crippen molar-refractivity contribution in [3.05, 3.63) is 34.3 Å². The zero-order valence-electron chi connectivity index (χ0n) is 15.3. The average Bonchev–Trinajstić information content (AvgIpc) is 2.46. The number of hydrogen-bond acceptors (Lipinski definition) is 4. The van der Waals surface area contributed by atoms with Crippen LogP contribution in [0.15, 0.2) is 18.2 Å². The minimum Gasteiger partial charge on any atom is -0.481 e. The third kappa shape index (κ3) is 7.26. The molecule has 1 unspecified atom stereocenters. The largest absolute Gasteiger partial charge is 0.481 e. The van der Waals surface area contributed by atoms with Gasteiger partial charge in [0.25, 0.3) is 0 Å². The number of aliphatic carboxylic acids is 1. The quantitative estimate of drug-likeness (QED) is 0.647. The minimum absolute atomic E-state index is 0.220. The molecule has 4 N–H and O–H groups in total. The maximum absolute atomic E-state index is 13.1. The Bertz CT molecular complexity index is 762. The Kier molecular flexibility index (Phi) is 7.30. The Balaban J connectivity index is 3.38. The van der Waals surface area contributed by atoms with Gasteiger partial charge in [-0.1, -0.05) is 11.6 Å². The van der Waals surface area contributed by atoms with Crippen molar-refractivity contribution in [2.24, 2.45) is 5.73 Å². The van der Waals surface area contributed by atoms with E-state index in [1.165, 1.54) is 0 Å². The summed E-state index contributed by atoms with van der Waals surface area (Å²) in [5.41, 5.74) is 2.98. The molecule has 1 aromatic carbocycles. The molecule has 0 saturated heterocycles. The maximum Gasteiger partial charge on any atom is 0.416 e. The number of alkyl halides is 3. The van der Waals surface area contributed by atoms with Crippen LogP contribution in [0.1, 0.15) is 44.2 Å². The molecule has 7 nitrogen and oxygen atoms in total. The van der Waals surface area contributed by atoms with Crippen molar-refractivity contribution < 1.29 is 37.4 Å². The van der Waals surface area contributed by atoms with E-state index in [2.05, 4.69) is 5.32 Å². The molecule has 1 aromatic rings. The summed E-state index contributed by atoms with van der Waals surface area (Å²) in [6, 6.07) is 0.748. The Hall–Kier alpha value is -2.49. The number of nitrogens with two attached hydrogens (primary N) is 1. The first-order valence-corrected chi connectivity index (χ1v) is 8.36. The normalized spacial score (nSPS) is 14.1. The van der Waals surface area contributed by atoms with E-state index in [9.17, 15) is 27.6 Å². The van der Waals surface area contributed by atoms with Gasteiger partial charge in [-0.3, -0.25) is 9.59 Å². The number of benzene rings is 1. The Morgan fingerprint density at radius 1 is 1.21 bits per heavy atom. The third-order valence-corrected chi connectivity index (χ3v) is 3.67. The lowest BCUT2D eigenvalue weighted by Crippen LogP contribution is -2.50. The number of rotatable bonds is 6. The van der Waals surface area contributed by atoms with Crippen LogP contribution in [0.5, 0.6) is 0 Å². The van der Waals surface area contributed by atoms with Gasteiger partial charge in [0.05, 0.1) is 12.0 Å². The molecule has 0 saturated carbocycles. The minimum atomic E-state index is -4.76. The fourth-order valence-electron chi connectivity index (χ4n) is 2.41. The van der Waals surface area contributed by atoms with Crippen molar-refractivity contribution in [3.63, 3.8) is 0 Å². The summed E-state index contributed by atoms with van der Waals surface area (Å²) in [6.45, 7) is 4.65. The Morgan fingerprint density at radius 2 is 1.79 bits per heavy atom. The van der Waals surface area contributed by atoms with Gasteiger partial charge in [-0.15, -0.1) is 0 Å². The summed E-state index contributed by atoms with van der Waals surface area (Å²) in [5.74, 6) is -3.98. The molecule has 0 aliphatic rings. The average molecular weight is 425 g/mol. The van der Waals surface area contributed by atoms with Crippen molar-refractivity contribution in [1.29, 1.82) is 0 Å². The van der Waals surface area contributed by atoms with Crippen LogP contribution in [-0.2, 0) is 20.5 Å². The molecule has 2 amide bonds. The second-order valence-electron chi connectivity index (χ2n) is 7.00. The Labute approximate surface area is 164 Å². The number of carboxylic acid groups (broad SMARTS) is 1. The highest BCUT2D eigenvalue weighted by Gasteiger charge is 2.36. The number of carbonyl (C=O) groups is 3. The number of hydrogen-bond donors (Lipinski definition) is 3. The van der Waals surface area contributed by atoms with Crippen LogP contribution < -0.4 is 11.1 Å². The number of primary amides is 1. The highest BCUT2D eigenvalue weighted by atomic mass is 35.5. The number of carbonyl (C=O) groups excluding carboxylic acids is 2. The summed E-state index contributed by atoms with van der Waals surface area (Å²) < 4.78 is 44.2. The van der Waals surface area contributed by atoms with E-state index in [1.807, 2.05) is 0 Å². The van der Waals surface area contributed by atoms with Gasteiger partial charge in [-0.2, -0.15) is 13.2 Å². The molecule has 0 aromatic heterocycles. The zero-order valence-corrected chi connectivity index (χ0v) is 16.0. The Morgan fingerprint density at radius 3 is 2.21 bits per heavy atom. The van der Waals surface area contributed by atoms with E-state index >= 15 is 0 Å². The smallest absolute Gasteiger partial charge is 0.416 e. The van der Waals surface area contributed by atoms with Crippen LogP contribution in [-0.4, -0.2) is 34.7 Å². The first-order chi connectivity index (χ1) is 12.6. The molecular weight excluding hydrogens is 405 g/mol. The van der Waals surface area contributed by atoms with Gasteiger partial charge >= 0.3 is 18.2 Å².